The number of nitrogens with zero attached hydrogens (tertiary/aromatic N) is 2. The summed E-state index contributed by atoms with van der Waals surface area (Å²) in [5.74, 6) is 0.261. The maximum Gasteiger partial charge on any atom is 0.340 e. The van der Waals surface area contributed by atoms with Crippen LogP contribution in [0.2, 0.25) is 0 Å². The van der Waals surface area contributed by atoms with Gasteiger partial charge < -0.3 is 9.47 Å². The van der Waals surface area contributed by atoms with Crippen LogP contribution >= 0.6 is 0 Å². The van der Waals surface area contributed by atoms with E-state index in [-0.39, 0.29) is 0 Å². The Balaban J connectivity index is 1.95. The van der Waals surface area contributed by atoms with Crippen LogP contribution in [0.3, 0.4) is 0 Å². The minimum Gasteiger partial charge on any atom is -0.497 e. The maximum absolute atomic E-state index is 12.4. The predicted octanol–water partition coefficient (Wildman–Crippen LogP) is 3.43. The first-order valence-corrected chi connectivity index (χ1v) is 7.43. The molecule has 24 heavy (non-hydrogen) atoms. The number of hydrogen-bond donors (Lipinski definition) is 0. The van der Waals surface area contributed by atoms with E-state index >= 15 is 0 Å². The summed E-state index contributed by atoms with van der Waals surface area (Å²) in [6, 6.07) is 14.5. The molecule has 1 atom stereocenters. The van der Waals surface area contributed by atoms with Crippen LogP contribution < -0.4 is 4.74 Å². The van der Waals surface area contributed by atoms with Crippen LogP contribution in [0.4, 0.5) is 0 Å². The summed E-state index contributed by atoms with van der Waals surface area (Å²) in [4.78, 5) is 20.4. The van der Waals surface area contributed by atoms with Crippen LogP contribution in [0.25, 0.3) is 0 Å². The molecule has 3 rings (SSSR count). The average Bonchev–Trinajstić information content (AvgIpc) is 2.67. The van der Waals surface area contributed by atoms with Gasteiger partial charge in [-0.25, -0.2) is 4.79 Å². The number of pyridine rings is 2. The summed E-state index contributed by atoms with van der Waals surface area (Å²) >= 11 is 0. The third-order valence-electron chi connectivity index (χ3n) is 3.53. The molecule has 0 fully saturated rings. The van der Waals surface area contributed by atoms with E-state index in [0.29, 0.717) is 11.3 Å². The van der Waals surface area contributed by atoms with Crippen molar-refractivity contribution in [3.05, 3.63) is 90.0 Å². The SMILES string of the molecule is COc1cccc([C@@H](OC(=O)c2cccnc2)c2ccncc2)c1. The summed E-state index contributed by atoms with van der Waals surface area (Å²) in [6.45, 7) is 0. The molecule has 0 N–H and O–H groups in total. The highest BCUT2D eigenvalue weighted by molar-refractivity contribution is 5.89. The largest absolute Gasteiger partial charge is 0.497 e. The van der Waals surface area contributed by atoms with Crippen LogP contribution in [-0.2, 0) is 4.74 Å². The number of methoxy groups -OCH3 is 1. The van der Waals surface area contributed by atoms with Gasteiger partial charge in [0.15, 0.2) is 6.10 Å². The molecule has 0 unspecified atom stereocenters. The van der Waals surface area contributed by atoms with Crippen LogP contribution in [0.15, 0.2) is 73.3 Å². The van der Waals surface area contributed by atoms with Gasteiger partial charge in [0.2, 0.25) is 0 Å². The van der Waals surface area contributed by atoms with Gasteiger partial charge in [0.05, 0.1) is 12.7 Å². The van der Waals surface area contributed by atoms with Crippen LogP contribution in [-0.4, -0.2) is 23.0 Å². The molecule has 1 aromatic carbocycles. The van der Waals surface area contributed by atoms with Crippen molar-refractivity contribution >= 4 is 5.97 Å². The monoisotopic (exact) mass is 320 g/mol. The first-order valence-electron chi connectivity index (χ1n) is 7.43. The molecule has 0 radical (unpaired) electrons. The van der Waals surface area contributed by atoms with E-state index in [2.05, 4.69) is 9.97 Å². The van der Waals surface area contributed by atoms with Crippen molar-refractivity contribution in [3.63, 3.8) is 0 Å². The number of ether oxygens (including phenoxy) is 2. The Labute approximate surface area is 139 Å². The molecule has 2 heterocycles. The molecule has 5 nitrogen and oxygen atoms in total. The third-order valence-corrected chi connectivity index (χ3v) is 3.53. The summed E-state index contributed by atoms with van der Waals surface area (Å²) in [7, 11) is 1.60. The number of carbonyl (C=O) groups excluding carboxylic acids is 1. The summed E-state index contributed by atoms with van der Waals surface area (Å²) in [5, 5.41) is 0. The lowest BCUT2D eigenvalue weighted by Gasteiger charge is -2.19. The molecule has 5 heteroatoms. The Morgan fingerprint density at radius 3 is 2.50 bits per heavy atom. The van der Waals surface area contributed by atoms with Crippen molar-refractivity contribution < 1.29 is 14.3 Å². The van der Waals surface area contributed by atoms with Gasteiger partial charge >= 0.3 is 5.97 Å². The Bertz CT molecular complexity index is 807. The second-order valence-corrected chi connectivity index (χ2v) is 5.08. The van der Waals surface area contributed by atoms with Crippen molar-refractivity contribution in [1.82, 2.24) is 9.97 Å². The van der Waals surface area contributed by atoms with Gasteiger partial charge in [0.1, 0.15) is 5.75 Å². The molecule has 3 aromatic rings. The molecule has 0 aliphatic carbocycles. The Morgan fingerprint density at radius 1 is 0.958 bits per heavy atom. The van der Waals surface area contributed by atoms with E-state index in [1.54, 1.807) is 37.8 Å². The molecule has 0 spiro atoms. The zero-order valence-electron chi connectivity index (χ0n) is 13.1. The minimum atomic E-state index is -0.559. The average molecular weight is 320 g/mol. The lowest BCUT2D eigenvalue weighted by molar-refractivity contribution is 0.0377. The molecule has 120 valence electrons. The number of aromatic nitrogens is 2. The normalized spacial score (nSPS) is 11.5. The van der Waals surface area contributed by atoms with Gasteiger partial charge in [0.25, 0.3) is 0 Å². The zero-order valence-corrected chi connectivity index (χ0v) is 13.1. The second kappa shape index (κ2) is 7.37. The summed E-state index contributed by atoms with van der Waals surface area (Å²) < 4.78 is 11.0. The molecule has 0 saturated carbocycles. The molecule has 0 saturated heterocycles. The first kappa shape index (κ1) is 15.7. The fourth-order valence-corrected chi connectivity index (χ4v) is 2.33. The van der Waals surface area contributed by atoms with Crippen molar-refractivity contribution in [3.8, 4) is 5.75 Å². The number of carbonyl (C=O) groups is 1. The highest BCUT2D eigenvalue weighted by Gasteiger charge is 2.20. The van der Waals surface area contributed by atoms with E-state index in [4.69, 9.17) is 9.47 Å². The van der Waals surface area contributed by atoms with Crippen LogP contribution in [0.1, 0.15) is 27.6 Å². The van der Waals surface area contributed by atoms with Crippen LogP contribution in [0.5, 0.6) is 5.75 Å². The van der Waals surface area contributed by atoms with Gasteiger partial charge in [-0.15, -0.1) is 0 Å². The molecule has 0 amide bonds. The molecule has 0 aliphatic rings. The standard InChI is InChI=1S/C19H16N2O3/c1-23-17-6-2-4-15(12-17)18(14-7-10-20-11-8-14)24-19(22)16-5-3-9-21-13-16/h2-13,18H,1H3/t18-/m0/s1. The zero-order chi connectivity index (χ0) is 16.8. The Morgan fingerprint density at radius 2 is 1.79 bits per heavy atom. The van der Waals surface area contributed by atoms with E-state index in [0.717, 1.165) is 11.1 Å². The van der Waals surface area contributed by atoms with Crippen molar-refractivity contribution in [1.29, 1.82) is 0 Å². The number of esters is 1. The Kier molecular flexibility index (Phi) is 4.81. The fraction of sp³-hybridized carbons (Fsp3) is 0.105. The van der Waals surface area contributed by atoms with Gasteiger partial charge in [-0.05, 0) is 36.4 Å². The molecular formula is C19H16N2O3. The highest BCUT2D eigenvalue weighted by Crippen LogP contribution is 2.29. The Hall–Kier alpha value is -3.21. The van der Waals surface area contributed by atoms with Gasteiger partial charge in [-0.2, -0.15) is 0 Å². The van der Waals surface area contributed by atoms with Gasteiger partial charge in [-0.1, -0.05) is 12.1 Å². The molecule has 2 aromatic heterocycles. The first-order chi connectivity index (χ1) is 11.8. The maximum atomic E-state index is 12.4. The fourth-order valence-electron chi connectivity index (χ4n) is 2.33. The quantitative estimate of drug-likeness (QED) is 0.674. The van der Waals surface area contributed by atoms with Crippen molar-refractivity contribution in [2.45, 2.75) is 6.10 Å². The number of rotatable bonds is 5. The predicted molar refractivity (Wildman–Crippen MR) is 88.7 cm³/mol. The minimum absolute atomic E-state index is 0.402. The van der Waals surface area contributed by atoms with Crippen molar-refractivity contribution in [2.75, 3.05) is 7.11 Å². The number of hydrogen-bond acceptors (Lipinski definition) is 5. The molecule has 0 bridgehead atoms. The third kappa shape index (κ3) is 3.57. The highest BCUT2D eigenvalue weighted by atomic mass is 16.5. The summed E-state index contributed by atoms with van der Waals surface area (Å²) in [5.41, 5.74) is 2.05. The van der Waals surface area contributed by atoms with E-state index in [1.807, 2.05) is 36.4 Å². The second-order valence-electron chi connectivity index (χ2n) is 5.08. The van der Waals surface area contributed by atoms with Crippen molar-refractivity contribution in [2.24, 2.45) is 0 Å². The van der Waals surface area contributed by atoms with Crippen LogP contribution in [0, 0.1) is 0 Å². The molecular weight excluding hydrogens is 304 g/mol. The lowest BCUT2D eigenvalue weighted by atomic mass is 10.0. The smallest absolute Gasteiger partial charge is 0.340 e. The lowest BCUT2D eigenvalue weighted by Crippen LogP contribution is -2.13. The topological polar surface area (TPSA) is 61.3 Å². The van der Waals surface area contributed by atoms with E-state index in [9.17, 15) is 4.79 Å². The summed E-state index contributed by atoms with van der Waals surface area (Å²) in [6.07, 6.45) is 5.87. The van der Waals surface area contributed by atoms with E-state index in [1.165, 1.54) is 6.20 Å². The van der Waals surface area contributed by atoms with Gasteiger partial charge in [0, 0.05) is 35.9 Å². The number of benzene rings is 1. The van der Waals surface area contributed by atoms with Gasteiger partial charge in [-0.3, -0.25) is 9.97 Å². The van der Waals surface area contributed by atoms with E-state index < -0.39 is 12.1 Å². The molecule has 0 aliphatic heterocycles.